The number of aryl methyl sites for hydroxylation is 1. The molecule has 3 heterocycles. The SMILES string of the molecule is Cc1cccc(COc2ccc(Cl)cc2C2c3sc(=O)[nH]c3SC3C(=O)N(c4cccc(C(F)(F)F)c4)C(=O)C32)c1. The number of aromatic amines is 1. The highest BCUT2D eigenvalue weighted by molar-refractivity contribution is 8.00. The number of rotatable bonds is 5. The topological polar surface area (TPSA) is 79.5 Å². The van der Waals surface area contributed by atoms with E-state index in [9.17, 15) is 27.6 Å². The van der Waals surface area contributed by atoms with E-state index < -0.39 is 40.6 Å². The average molecular weight is 617 g/mol. The van der Waals surface area contributed by atoms with Gasteiger partial charge in [0.05, 0.1) is 22.2 Å². The van der Waals surface area contributed by atoms with Crippen molar-refractivity contribution in [2.75, 3.05) is 4.90 Å². The maximum absolute atomic E-state index is 14.0. The van der Waals surface area contributed by atoms with Gasteiger partial charge in [-0.3, -0.25) is 14.4 Å². The highest BCUT2D eigenvalue weighted by Crippen LogP contribution is 2.55. The number of hydrogen-bond donors (Lipinski definition) is 1. The van der Waals surface area contributed by atoms with Crippen molar-refractivity contribution in [1.29, 1.82) is 0 Å². The summed E-state index contributed by atoms with van der Waals surface area (Å²) < 4.78 is 46.6. The van der Waals surface area contributed by atoms with Gasteiger partial charge in [0, 0.05) is 21.4 Å². The van der Waals surface area contributed by atoms with E-state index in [1.165, 1.54) is 6.07 Å². The summed E-state index contributed by atoms with van der Waals surface area (Å²) in [5.74, 6) is -2.72. The van der Waals surface area contributed by atoms with Crippen molar-refractivity contribution in [2.45, 2.75) is 35.9 Å². The maximum Gasteiger partial charge on any atom is 0.416 e. The van der Waals surface area contributed by atoms with Crippen LogP contribution >= 0.6 is 34.7 Å². The van der Waals surface area contributed by atoms with Gasteiger partial charge in [-0.1, -0.05) is 70.6 Å². The molecule has 6 rings (SSSR count). The quantitative estimate of drug-likeness (QED) is 0.250. The third-order valence-electron chi connectivity index (χ3n) is 7.04. The van der Waals surface area contributed by atoms with Crippen molar-refractivity contribution < 1.29 is 27.5 Å². The van der Waals surface area contributed by atoms with Crippen molar-refractivity contribution in [1.82, 2.24) is 4.98 Å². The van der Waals surface area contributed by atoms with Crippen LogP contribution in [0.25, 0.3) is 0 Å². The first-order valence-corrected chi connectivity index (χ1v) is 14.5. The molecule has 2 aliphatic heterocycles. The number of H-pyrrole nitrogens is 1. The first-order chi connectivity index (χ1) is 19.5. The van der Waals surface area contributed by atoms with E-state index in [2.05, 4.69) is 4.98 Å². The summed E-state index contributed by atoms with van der Waals surface area (Å²) in [4.78, 5) is 43.8. The van der Waals surface area contributed by atoms with E-state index in [0.717, 1.165) is 57.3 Å². The monoisotopic (exact) mass is 616 g/mol. The molecule has 3 unspecified atom stereocenters. The third kappa shape index (κ3) is 5.06. The van der Waals surface area contributed by atoms with Crippen LogP contribution in [-0.2, 0) is 22.4 Å². The number of ether oxygens (including phenoxy) is 1. The van der Waals surface area contributed by atoms with Gasteiger partial charge in [-0.15, -0.1) is 0 Å². The van der Waals surface area contributed by atoms with E-state index in [1.807, 2.05) is 31.2 Å². The van der Waals surface area contributed by atoms with Gasteiger partial charge in [0.1, 0.15) is 17.6 Å². The van der Waals surface area contributed by atoms with E-state index in [4.69, 9.17) is 16.3 Å². The number of halogens is 4. The van der Waals surface area contributed by atoms with Gasteiger partial charge in [-0.25, -0.2) is 4.90 Å². The summed E-state index contributed by atoms with van der Waals surface area (Å²) in [5, 5.41) is -0.195. The summed E-state index contributed by atoms with van der Waals surface area (Å²) in [7, 11) is 0. The van der Waals surface area contributed by atoms with Crippen molar-refractivity contribution >= 4 is 52.2 Å². The van der Waals surface area contributed by atoms with Crippen molar-refractivity contribution in [2.24, 2.45) is 5.92 Å². The lowest BCUT2D eigenvalue weighted by atomic mass is 9.82. The predicted octanol–water partition coefficient (Wildman–Crippen LogP) is 6.79. The number of carbonyl (C=O) groups is 2. The molecule has 4 aromatic rings. The minimum atomic E-state index is -4.65. The minimum absolute atomic E-state index is 0.164. The zero-order valence-electron chi connectivity index (χ0n) is 21.2. The Labute approximate surface area is 245 Å². The summed E-state index contributed by atoms with van der Waals surface area (Å²) in [6.07, 6.45) is -4.65. The second kappa shape index (κ2) is 10.4. The van der Waals surface area contributed by atoms with E-state index in [0.29, 0.717) is 26.2 Å². The fourth-order valence-corrected chi connectivity index (χ4v) is 7.97. The number of fused-ring (bicyclic) bond motifs is 2. The molecular weight excluding hydrogens is 597 g/mol. The van der Waals surface area contributed by atoms with Crippen molar-refractivity contribution in [3.8, 4) is 5.75 Å². The summed E-state index contributed by atoms with van der Waals surface area (Å²) >= 11 is 8.36. The fraction of sp³-hybridized carbons (Fsp3) is 0.207. The number of thiazole rings is 1. The largest absolute Gasteiger partial charge is 0.489 e. The Morgan fingerprint density at radius 1 is 1.00 bits per heavy atom. The van der Waals surface area contributed by atoms with Gasteiger partial charge in [-0.05, 0) is 48.9 Å². The first-order valence-electron chi connectivity index (χ1n) is 12.4. The highest BCUT2D eigenvalue weighted by atomic mass is 35.5. The fourth-order valence-electron chi connectivity index (χ4n) is 5.28. The molecule has 0 bridgehead atoms. The number of imide groups is 1. The van der Waals surface area contributed by atoms with Crippen LogP contribution in [0, 0.1) is 12.8 Å². The highest BCUT2D eigenvalue weighted by Gasteiger charge is 2.57. The van der Waals surface area contributed by atoms with Crippen molar-refractivity contribution in [3.63, 3.8) is 0 Å². The molecule has 1 N–H and O–H groups in total. The maximum atomic E-state index is 14.0. The Balaban J connectivity index is 1.44. The molecular formula is C29H20ClF3N2O4S2. The molecule has 0 aliphatic carbocycles. The second-order valence-electron chi connectivity index (χ2n) is 9.77. The van der Waals surface area contributed by atoms with Crippen LogP contribution in [0.3, 0.4) is 0 Å². The predicted molar refractivity (Wildman–Crippen MR) is 151 cm³/mol. The minimum Gasteiger partial charge on any atom is -0.489 e. The molecule has 2 amide bonds. The van der Waals surface area contributed by atoms with Crippen molar-refractivity contribution in [3.05, 3.63) is 109 Å². The lowest BCUT2D eigenvalue weighted by Crippen LogP contribution is -2.32. The number of anilines is 1. The Hall–Kier alpha value is -3.54. The molecule has 1 aromatic heterocycles. The number of nitrogens with zero attached hydrogens (tertiary/aromatic N) is 1. The lowest BCUT2D eigenvalue weighted by molar-refractivity contribution is -0.137. The molecule has 3 atom stereocenters. The molecule has 210 valence electrons. The Morgan fingerprint density at radius 3 is 2.54 bits per heavy atom. The zero-order valence-corrected chi connectivity index (χ0v) is 23.6. The van der Waals surface area contributed by atoms with Gasteiger partial charge in [0.25, 0.3) is 0 Å². The second-order valence-corrected chi connectivity index (χ2v) is 12.4. The van der Waals surface area contributed by atoms with Crippen LogP contribution in [0.15, 0.2) is 76.6 Å². The molecule has 6 nitrogen and oxygen atoms in total. The number of amides is 2. The first kappa shape index (κ1) is 27.6. The molecule has 1 fully saturated rings. The number of benzene rings is 3. The van der Waals surface area contributed by atoms with Crippen LogP contribution in [0.1, 0.15) is 33.0 Å². The number of alkyl halides is 3. The van der Waals surface area contributed by atoms with Gasteiger partial charge in [0.15, 0.2) is 0 Å². The zero-order chi connectivity index (χ0) is 29.1. The Morgan fingerprint density at radius 2 is 1.78 bits per heavy atom. The molecule has 3 aromatic carbocycles. The summed E-state index contributed by atoms with van der Waals surface area (Å²) in [5.41, 5.74) is 1.34. The van der Waals surface area contributed by atoms with Crippen LogP contribution < -0.4 is 14.5 Å². The molecule has 12 heteroatoms. The van der Waals surface area contributed by atoms with Gasteiger partial charge < -0.3 is 9.72 Å². The number of hydrogen-bond acceptors (Lipinski definition) is 6. The van der Waals surface area contributed by atoms with E-state index in [1.54, 1.807) is 18.2 Å². The normalized spacial score (nSPS) is 20.2. The Bertz CT molecular complexity index is 1750. The smallest absolute Gasteiger partial charge is 0.416 e. The molecule has 2 aliphatic rings. The van der Waals surface area contributed by atoms with E-state index in [-0.39, 0.29) is 17.2 Å². The number of carbonyl (C=O) groups excluding carboxylic acids is 2. The third-order valence-corrected chi connectivity index (χ3v) is 9.68. The molecule has 0 radical (unpaired) electrons. The van der Waals surface area contributed by atoms with Crippen LogP contribution in [0.2, 0.25) is 5.02 Å². The van der Waals surface area contributed by atoms with Gasteiger partial charge in [-0.2, -0.15) is 13.2 Å². The molecule has 0 saturated carbocycles. The summed E-state index contributed by atoms with van der Waals surface area (Å²) in [6.45, 7) is 2.18. The average Bonchev–Trinajstić information content (AvgIpc) is 3.41. The Kier molecular flexibility index (Phi) is 6.99. The standard InChI is InChI=1S/C29H20ClF3N2O4S2/c1-14-4-2-5-15(10-14)13-39-20-9-8-17(30)12-19(20)21-22-24(40-25-23(21)41-28(38)34-25)27(37)35(26(22)36)18-7-3-6-16(11-18)29(31,32)33/h2-12,21-22,24H,13H2,1H3,(H,34,38). The van der Waals surface area contributed by atoms with Crippen LogP contribution in [-0.4, -0.2) is 22.0 Å². The number of thioether (sulfide) groups is 1. The number of nitrogens with one attached hydrogen (secondary N) is 1. The van der Waals surface area contributed by atoms with E-state index >= 15 is 0 Å². The lowest BCUT2D eigenvalue weighted by Gasteiger charge is -2.31. The van der Waals surface area contributed by atoms with Crippen LogP contribution in [0.4, 0.5) is 18.9 Å². The van der Waals surface area contributed by atoms with Crippen LogP contribution in [0.5, 0.6) is 5.75 Å². The van der Waals surface area contributed by atoms with Gasteiger partial charge in [0.2, 0.25) is 11.8 Å². The molecule has 41 heavy (non-hydrogen) atoms. The summed E-state index contributed by atoms with van der Waals surface area (Å²) in [6, 6.07) is 16.9. The molecule has 0 spiro atoms. The van der Waals surface area contributed by atoms with Gasteiger partial charge >= 0.3 is 11.0 Å². The number of aromatic nitrogens is 1. The molecule has 1 saturated heterocycles.